The molecule has 0 bridgehead atoms. The second-order valence-electron chi connectivity index (χ2n) is 6.95. The van der Waals surface area contributed by atoms with E-state index in [4.69, 9.17) is 9.47 Å². The lowest BCUT2D eigenvalue weighted by Gasteiger charge is -2.16. The minimum Gasteiger partial charge on any atom is -0.454 e. The van der Waals surface area contributed by atoms with E-state index in [-0.39, 0.29) is 6.79 Å². The van der Waals surface area contributed by atoms with E-state index in [0.717, 1.165) is 12.1 Å². The third-order valence-electron chi connectivity index (χ3n) is 5.20. The first-order valence-electron chi connectivity index (χ1n) is 8.93. The lowest BCUT2D eigenvalue weighted by molar-refractivity contribution is 0.174. The molecule has 0 saturated heterocycles. The van der Waals surface area contributed by atoms with Crippen molar-refractivity contribution < 1.29 is 28.2 Å². The maximum atomic E-state index is 14.3. The van der Waals surface area contributed by atoms with Gasteiger partial charge in [-0.1, -0.05) is 6.07 Å². The Hall–Kier alpha value is -3.20. The zero-order valence-electron chi connectivity index (χ0n) is 15.5. The predicted molar refractivity (Wildman–Crippen MR) is 106 cm³/mol. The molecule has 1 atom stereocenters. The number of aromatic amines is 1. The summed E-state index contributed by atoms with van der Waals surface area (Å²) in [6.45, 7) is 1.77. The van der Waals surface area contributed by atoms with E-state index in [9.17, 15) is 23.5 Å². The fraction of sp³-hybridized carbons (Fsp3) is 0.158. The van der Waals surface area contributed by atoms with Crippen LogP contribution in [0.25, 0.3) is 21.9 Å². The first-order chi connectivity index (χ1) is 14.3. The van der Waals surface area contributed by atoms with Crippen LogP contribution in [0.3, 0.4) is 0 Å². The zero-order valence-corrected chi connectivity index (χ0v) is 16.4. The van der Waals surface area contributed by atoms with Crippen molar-refractivity contribution in [2.75, 3.05) is 6.79 Å². The summed E-state index contributed by atoms with van der Waals surface area (Å²) in [5, 5.41) is -0.0404. The number of halogens is 1. The molecule has 30 heavy (non-hydrogen) atoms. The molecule has 3 heterocycles. The topological polar surface area (TPSA) is 127 Å². The van der Waals surface area contributed by atoms with Crippen LogP contribution in [-0.2, 0) is 4.57 Å². The van der Waals surface area contributed by atoms with Crippen molar-refractivity contribution in [3.63, 3.8) is 0 Å². The molecule has 3 N–H and O–H groups in total. The number of hydrogen-bond donors (Lipinski definition) is 3. The molecule has 2 aromatic carbocycles. The molecule has 2 aromatic heterocycles. The monoisotopic (exact) mass is 431 g/mol. The van der Waals surface area contributed by atoms with Crippen LogP contribution >= 0.6 is 7.60 Å². The third kappa shape index (κ3) is 2.72. The van der Waals surface area contributed by atoms with Gasteiger partial charge in [-0.3, -0.25) is 9.13 Å². The summed E-state index contributed by atoms with van der Waals surface area (Å²) in [4.78, 5) is 38.4. The van der Waals surface area contributed by atoms with E-state index in [0.29, 0.717) is 39.0 Å². The summed E-state index contributed by atoms with van der Waals surface area (Å²) in [7, 11) is -4.74. The Morgan fingerprint density at radius 1 is 1.27 bits per heavy atom. The molecule has 1 aliphatic heterocycles. The van der Waals surface area contributed by atoms with Gasteiger partial charge in [-0.05, 0) is 36.8 Å². The van der Waals surface area contributed by atoms with E-state index in [1.54, 1.807) is 19.1 Å². The Balaban J connectivity index is 1.73. The molecular weight excluding hydrogens is 416 g/mol. The maximum absolute atomic E-state index is 14.3. The third-order valence-corrected chi connectivity index (χ3v) is 6.19. The predicted octanol–water partition coefficient (Wildman–Crippen LogP) is 2.16. The molecule has 0 fully saturated rings. The average molecular weight is 431 g/mol. The minimum atomic E-state index is -4.74. The van der Waals surface area contributed by atoms with Crippen molar-refractivity contribution in [1.29, 1.82) is 0 Å². The molecule has 0 unspecified atom stereocenters. The van der Waals surface area contributed by atoms with Crippen molar-refractivity contribution in [3.05, 3.63) is 58.4 Å². The van der Waals surface area contributed by atoms with Gasteiger partial charge < -0.3 is 24.2 Å². The summed E-state index contributed by atoms with van der Waals surface area (Å²) < 4.78 is 38.1. The van der Waals surface area contributed by atoms with E-state index in [1.165, 1.54) is 16.8 Å². The second-order valence-corrected chi connectivity index (χ2v) is 8.52. The molecule has 5 rings (SSSR count). The van der Waals surface area contributed by atoms with Crippen molar-refractivity contribution >= 4 is 34.8 Å². The highest BCUT2D eigenvalue weighted by atomic mass is 31.2. The summed E-state index contributed by atoms with van der Waals surface area (Å²) in [6, 6.07) is 6.33. The molecule has 0 saturated carbocycles. The Labute approximate surface area is 167 Å². The number of ether oxygens (including phenoxy) is 2. The fourth-order valence-corrected chi connectivity index (χ4v) is 4.39. The quantitative estimate of drug-likeness (QED) is 0.424. The number of pyridine rings is 1. The van der Waals surface area contributed by atoms with Gasteiger partial charge >= 0.3 is 13.3 Å². The summed E-state index contributed by atoms with van der Waals surface area (Å²) in [6.07, 6.45) is 1.52. The molecule has 0 amide bonds. The Bertz CT molecular complexity index is 1440. The molecule has 0 aliphatic carbocycles. The first-order valence-corrected chi connectivity index (χ1v) is 10.5. The van der Waals surface area contributed by atoms with Gasteiger partial charge in [0.15, 0.2) is 11.5 Å². The average Bonchev–Trinajstić information content (AvgIpc) is 3.29. The number of aromatic nitrogens is 3. The molecule has 4 aromatic rings. The maximum Gasteiger partial charge on any atom is 0.359 e. The van der Waals surface area contributed by atoms with Gasteiger partial charge in [0.05, 0.1) is 28.6 Å². The number of H-pyrrole nitrogens is 1. The van der Waals surface area contributed by atoms with Gasteiger partial charge in [0.1, 0.15) is 11.3 Å². The lowest BCUT2D eigenvalue weighted by Crippen LogP contribution is -2.22. The smallest absolute Gasteiger partial charge is 0.359 e. The van der Waals surface area contributed by atoms with E-state index >= 15 is 0 Å². The number of hydrogen-bond acceptors (Lipinski definition) is 5. The normalized spacial score (nSPS) is 14.5. The molecule has 11 heteroatoms. The van der Waals surface area contributed by atoms with Crippen LogP contribution in [0.5, 0.6) is 11.5 Å². The Kier molecular flexibility index (Phi) is 4.01. The molecule has 9 nitrogen and oxygen atoms in total. The number of rotatable bonds is 3. The van der Waals surface area contributed by atoms with Gasteiger partial charge in [-0.25, -0.2) is 14.2 Å². The second kappa shape index (κ2) is 6.40. The van der Waals surface area contributed by atoms with Crippen molar-refractivity contribution in [3.8, 4) is 11.5 Å². The highest BCUT2D eigenvalue weighted by Crippen LogP contribution is 2.40. The van der Waals surface area contributed by atoms with Crippen LogP contribution in [0.15, 0.2) is 41.3 Å². The van der Waals surface area contributed by atoms with Crippen LogP contribution in [0.2, 0.25) is 0 Å². The Morgan fingerprint density at radius 2 is 2.07 bits per heavy atom. The van der Waals surface area contributed by atoms with Gasteiger partial charge in [0.2, 0.25) is 6.79 Å². The number of fused-ring (bicyclic) bond motifs is 5. The van der Waals surface area contributed by atoms with E-state index in [2.05, 4.69) is 9.97 Å². The number of imidazole rings is 1. The highest BCUT2D eigenvalue weighted by Gasteiger charge is 2.25. The Morgan fingerprint density at radius 3 is 2.80 bits per heavy atom. The summed E-state index contributed by atoms with van der Waals surface area (Å²) in [5.41, 5.74) is 1.52. The van der Waals surface area contributed by atoms with Crippen LogP contribution in [-0.4, -0.2) is 31.1 Å². The number of nitrogens with zero attached hydrogens (tertiary/aromatic N) is 2. The molecular formula is C19H15FN3O6P. The van der Waals surface area contributed by atoms with Crippen LogP contribution in [0.4, 0.5) is 4.39 Å². The van der Waals surface area contributed by atoms with E-state index < -0.39 is 30.4 Å². The molecule has 1 aliphatic rings. The van der Waals surface area contributed by atoms with Gasteiger partial charge in [-0.15, -0.1) is 0 Å². The van der Waals surface area contributed by atoms with Crippen molar-refractivity contribution in [1.82, 2.24) is 14.5 Å². The lowest BCUT2D eigenvalue weighted by atomic mass is 10.1. The van der Waals surface area contributed by atoms with Crippen LogP contribution in [0, 0.1) is 5.82 Å². The van der Waals surface area contributed by atoms with Crippen molar-refractivity contribution in [2.24, 2.45) is 0 Å². The van der Waals surface area contributed by atoms with Gasteiger partial charge in [-0.2, -0.15) is 0 Å². The molecule has 0 radical (unpaired) electrons. The standard InChI is InChI=1S/C19H15FN3O6P/c1-9(10-2-5-15(12(20)6-10)30(25,26)27)23-17-11-3-4-14-18(29-8-28-14)16(11)21-7-13(17)22-19(23)24/h2-7,9H,8H2,1H3,(H,22,24)(H2,25,26,27)/t9-/m1/s1. The molecule has 154 valence electrons. The van der Waals surface area contributed by atoms with Crippen LogP contribution in [0.1, 0.15) is 18.5 Å². The van der Waals surface area contributed by atoms with Crippen molar-refractivity contribution in [2.45, 2.75) is 13.0 Å². The van der Waals surface area contributed by atoms with Gasteiger partial charge in [0.25, 0.3) is 0 Å². The summed E-state index contributed by atoms with van der Waals surface area (Å²) in [5.74, 6) is 0.0108. The molecule has 0 spiro atoms. The number of benzene rings is 2. The first kappa shape index (κ1) is 18.8. The minimum absolute atomic E-state index is 0.0791. The largest absolute Gasteiger partial charge is 0.454 e. The SMILES string of the molecule is C[C@H](c1ccc(P(=O)(O)O)c(F)c1)n1c(=O)[nH]c2cnc3c4c(ccc3c21)OCO4. The number of nitrogens with one attached hydrogen (secondary N) is 1. The van der Waals surface area contributed by atoms with Gasteiger partial charge in [0, 0.05) is 5.39 Å². The summed E-state index contributed by atoms with van der Waals surface area (Å²) >= 11 is 0. The highest BCUT2D eigenvalue weighted by molar-refractivity contribution is 7.60. The fourth-order valence-electron chi connectivity index (χ4n) is 3.78. The van der Waals surface area contributed by atoms with E-state index in [1.807, 2.05) is 0 Å². The van der Waals surface area contributed by atoms with Crippen LogP contribution < -0.4 is 20.5 Å². The zero-order chi connectivity index (χ0) is 21.2.